The number of amides is 1. The van der Waals surface area contributed by atoms with Crippen molar-refractivity contribution in [1.82, 2.24) is 29.9 Å². The molecule has 202 valence electrons. The quantitative estimate of drug-likeness (QED) is 0.186. The van der Waals surface area contributed by atoms with Crippen LogP contribution in [0.3, 0.4) is 0 Å². The van der Waals surface area contributed by atoms with Crippen molar-refractivity contribution in [2.24, 2.45) is 0 Å². The summed E-state index contributed by atoms with van der Waals surface area (Å²) in [4.78, 5) is 24.0. The number of carbonyl (C=O) groups is 1. The highest BCUT2D eigenvalue weighted by molar-refractivity contribution is 6.07. The van der Waals surface area contributed by atoms with Crippen LogP contribution in [0.1, 0.15) is 24.2 Å². The van der Waals surface area contributed by atoms with Crippen LogP contribution >= 0.6 is 0 Å². The van der Waals surface area contributed by atoms with Crippen LogP contribution in [-0.2, 0) is 0 Å². The number of nitrogens with two attached hydrogens (primary N) is 1. The fourth-order valence-corrected chi connectivity index (χ4v) is 4.16. The van der Waals surface area contributed by atoms with Gasteiger partial charge in [-0.25, -0.2) is 18.9 Å². The molecular formula is C25H23F4N9O. The number of aromatic nitrogens is 5. The Morgan fingerprint density at radius 2 is 1.90 bits per heavy atom. The summed E-state index contributed by atoms with van der Waals surface area (Å²) in [5, 5.41) is 12.0. The largest absolute Gasteiger partial charge is 0.405 e. The standard InChI is InChI=1S/C25H23F4N9O/c1-12(2)34-16-7-8-17-20(19(16)26)37-24(36-17)35-14-5-3-13(4-6-14)18-15(23(39)31-10-25(27,28)29)9-38-21(18)22(30)32-11-33-38/h3-9,11-12,34H,10H2,1-2H3,(H,31,39)(H2,30,32,33)(H2,35,36,37). The van der Waals surface area contributed by atoms with E-state index >= 15 is 0 Å². The Bertz CT molecular complexity index is 1670. The zero-order valence-electron chi connectivity index (χ0n) is 20.7. The Morgan fingerprint density at radius 1 is 1.15 bits per heavy atom. The van der Waals surface area contributed by atoms with Crippen molar-refractivity contribution in [3.63, 3.8) is 0 Å². The van der Waals surface area contributed by atoms with Gasteiger partial charge in [-0.3, -0.25) is 4.79 Å². The maximum absolute atomic E-state index is 14.9. The van der Waals surface area contributed by atoms with E-state index in [9.17, 15) is 22.4 Å². The number of anilines is 4. The fourth-order valence-electron chi connectivity index (χ4n) is 4.16. The number of imidazole rings is 1. The van der Waals surface area contributed by atoms with Gasteiger partial charge in [0.25, 0.3) is 5.91 Å². The Morgan fingerprint density at radius 3 is 2.59 bits per heavy atom. The van der Waals surface area contributed by atoms with Gasteiger partial charge >= 0.3 is 6.18 Å². The highest BCUT2D eigenvalue weighted by Gasteiger charge is 2.29. The van der Waals surface area contributed by atoms with E-state index in [1.807, 2.05) is 19.2 Å². The minimum absolute atomic E-state index is 0.0482. The number of H-pyrrole nitrogens is 1. The third-order valence-corrected chi connectivity index (χ3v) is 5.77. The maximum atomic E-state index is 14.9. The molecule has 0 radical (unpaired) electrons. The number of carbonyl (C=O) groups excluding carboxylic acids is 1. The Hall–Kier alpha value is -4.88. The van der Waals surface area contributed by atoms with Gasteiger partial charge in [0.15, 0.2) is 11.6 Å². The number of rotatable bonds is 7. The fraction of sp³-hybridized carbons (Fsp3) is 0.200. The summed E-state index contributed by atoms with van der Waals surface area (Å²) in [7, 11) is 0. The SMILES string of the molecule is CC(C)Nc1ccc2nc(Nc3ccc(-c4c(C(=O)NCC(F)(F)F)cn5ncnc(N)c45)cc3)[nH]c2c1F. The van der Waals surface area contributed by atoms with Gasteiger partial charge in [-0.1, -0.05) is 12.1 Å². The number of nitrogens with zero attached hydrogens (tertiary/aromatic N) is 4. The molecule has 0 saturated carbocycles. The third kappa shape index (κ3) is 5.26. The molecule has 10 nitrogen and oxygen atoms in total. The van der Waals surface area contributed by atoms with Crippen LogP contribution in [0.15, 0.2) is 48.9 Å². The smallest absolute Gasteiger partial charge is 0.382 e. The maximum Gasteiger partial charge on any atom is 0.405 e. The first-order chi connectivity index (χ1) is 18.5. The minimum atomic E-state index is -4.58. The molecule has 0 aliphatic heterocycles. The zero-order chi connectivity index (χ0) is 27.9. The van der Waals surface area contributed by atoms with Gasteiger partial charge in [0, 0.05) is 23.5 Å². The molecule has 0 spiro atoms. The Balaban J connectivity index is 1.45. The first-order valence-corrected chi connectivity index (χ1v) is 11.8. The van der Waals surface area contributed by atoms with Crippen molar-refractivity contribution < 1.29 is 22.4 Å². The van der Waals surface area contributed by atoms with Gasteiger partial charge in [-0.05, 0) is 43.7 Å². The summed E-state index contributed by atoms with van der Waals surface area (Å²) < 4.78 is 54.3. The number of aromatic amines is 1. The van der Waals surface area contributed by atoms with E-state index in [0.29, 0.717) is 28.4 Å². The second-order valence-electron chi connectivity index (χ2n) is 9.06. The van der Waals surface area contributed by atoms with E-state index in [1.165, 1.54) is 17.0 Å². The molecular weight excluding hydrogens is 518 g/mol. The summed E-state index contributed by atoms with van der Waals surface area (Å²) in [6.45, 7) is 2.32. The molecule has 6 N–H and O–H groups in total. The van der Waals surface area contributed by atoms with Gasteiger partial charge in [0.05, 0.1) is 16.8 Å². The van der Waals surface area contributed by atoms with Crippen LogP contribution in [-0.4, -0.2) is 49.2 Å². The molecule has 3 heterocycles. The number of halogens is 4. The van der Waals surface area contributed by atoms with Gasteiger partial charge in [0.2, 0.25) is 5.95 Å². The van der Waals surface area contributed by atoms with Crippen molar-refractivity contribution in [2.75, 3.05) is 22.9 Å². The Kier molecular flexibility index (Phi) is 6.46. The van der Waals surface area contributed by atoms with Gasteiger partial charge in [0.1, 0.15) is 23.9 Å². The lowest BCUT2D eigenvalue weighted by Gasteiger charge is -2.10. The average molecular weight is 542 g/mol. The number of alkyl halides is 3. The van der Waals surface area contributed by atoms with E-state index in [0.717, 1.165) is 0 Å². The van der Waals surface area contributed by atoms with Crippen LogP contribution in [0.5, 0.6) is 0 Å². The third-order valence-electron chi connectivity index (χ3n) is 5.77. The summed E-state index contributed by atoms with van der Waals surface area (Å²) in [6.07, 6.45) is -2.10. The molecule has 0 bridgehead atoms. The molecule has 0 atom stereocenters. The zero-order valence-corrected chi connectivity index (χ0v) is 20.7. The summed E-state index contributed by atoms with van der Waals surface area (Å²) >= 11 is 0. The van der Waals surface area contributed by atoms with Crippen LogP contribution in [0.4, 0.5) is 40.7 Å². The molecule has 0 aliphatic rings. The van der Waals surface area contributed by atoms with Crippen LogP contribution in [0.25, 0.3) is 27.7 Å². The van der Waals surface area contributed by atoms with Crippen molar-refractivity contribution in [2.45, 2.75) is 26.1 Å². The Labute approximate surface area is 218 Å². The predicted octanol–water partition coefficient (Wildman–Crippen LogP) is 4.85. The number of nitrogens with one attached hydrogen (secondary N) is 4. The monoisotopic (exact) mass is 541 g/mol. The van der Waals surface area contributed by atoms with E-state index < -0.39 is 24.4 Å². The molecule has 0 aliphatic carbocycles. The molecule has 2 aromatic carbocycles. The first-order valence-electron chi connectivity index (χ1n) is 11.8. The number of hydrogen-bond donors (Lipinski definition) is 5. The lowest BCUT2D eigenvalue weighted by Crippen LogP contribution is -2.33. The molecule has 0 saturated heterocycles. The molecule has 0 unspecified atom stereocenters. The topological polar surface area (TPSA) is 138 Å². The second-order valence-corrected chi connectivity index (χ2v) is 9.06. The average Bonchev–Trinajstić information content (AvgIpc) is 3.47. The number of hydrogen-bond acceptors (Lipinski definition) is 7. The van der Waals surface area contributed by atoms with E-state index in [-0.39, 0.29) is 34.0 Å². The molecule has 5 aromatic rings. The molecule has 0 fully saturated rings. The second kappa shape index (κ2) is 9.78. The van der Waals surface area contributed by atoms with E-state index in [2.05, 4.69) is 30.7 Å². The van der Waals surface area contributed by atoms with Crippen LogP contribution in [0.2, 0.25) is 0 Å². The molecule has 39 heavy (non-hydrogen) atoms. The predicted molar refractivity (Wildman–Crippen MR) is 139 cm³/mol. The first kappa shape index (κ1) is 25.8. The number of fused-ring (bicyclic) bond motifs is 2. The summed E-state index contributed by atoms with van der Waals surface area (Å²) in [5.41, 5.74) is 8.62. The molecule has 14 heteroatoms. The van der Waals surface area contributed by atoms with Gasteiger partial charge < -0.3 is 26.7 Å². The van der Waals surface area contributed by atoms with Crippen LogP contribution in [0, 0.1) is 5.82 Å². The lowest BCUT2D eigenvalue weighted by molar-refractivity contribution is -0.123. The van der Waals surface area contributed by atoms with Crippen molar-refractivity contribution in [3.8, 4) is 11.1 Å². The summed E-state index contributed by atoms with van der Waals surface area (Å²) in [6, 6.07) is 10.0. The highest BCUT2D eigenvalue weighted by atomic mass is 19.4. The lowest BCUT2D eigenvalue weighted by atomic mass is 10.0. The van der Waals surface area contributed by atoms with Crippen molar-refractivity contribution in [1.29, 1.82) is 0 Å². The number of nitrogen functional groups attached to an aromatic ring is 1. The van der Waals surface area contributed by atoms with E-state index in [1.54, 1.807) is 36.4 Å². The summed E-state index contributed by atoms with van der Waals surface area (Å²) in [5.74, 6) is -1.04. The van der Waals surface area contributed by atoms with Crippen molar-refractivity contribution in [3.05, 3.63) is 60.3 Å². The van der Waals surface area contributed by atoms with Crippen molar-refractivity contribution >= 4 is 45.6 Å². The molecule has 5 rings (SSSR count). The molecule has 1 amide bonds. The molecule has 3 aromatic heterocycles. The van der Waals surface area contributed by atoms with Crippen LogP contribution < -0.4 is 21.7 Å². The highest BCUT2D eigenvalue weighted by Crippen LogP contribution is 2.34. The van der Waals surface area contributed by atoms with Gasteiger partial charge in [-0.2, -0.15) is 18.3 Å². The normalized spacial score (nSPS) is 11.9. The van der Waals surface area contributed by atoms with E-state index in [4.69, 9.17) is 5.73 Å². The number of benzene rings is 2. The van der Waals surface area contributed by atoms with Gasteiger partial charge in [-0.15, -0.1) is 0 Å². The minimum Gasteiger partial charge on any atom is -0.382 e.